The Bertz CT molecular complexity index is 118. The number of hydrogen-bond acceptors (Lipinski definition) is 3. The molecule has 3 nitrogen and oxygen atoms in total. The zero-order valence-corrected chi connectivity index (χ0v) is 10.7. The second-order valence-electron chi connectivity index (χ2n) is 3.76. The van der Waals surface area contributed by atoms with Crippen molar-refractivity contribution in [2.24, 2.45) is 0 Å². The highest BCUT2D eigenvalue weighted by atomic mass is 28.3. The summed E-state index contributed by atoms with van der Waals surface area (Å²) in [5.74, 6) is 0. The average molecular weight is 205 g/mol. The average Bonchev–Trinajstić information content (AvgIpc) is 2.05. The minimum atomic E-state index is -1.37. The van der Waals surface area contributed by atoms with Crippen LogP contribution in [0.4, 0.5) is 0 Å². The van der Waals surface area contributed by atoms with E-state index in [4.69, 9.17) is 8.85 Å². The molecular formula is C9H23NO2Si. The lowest BCUT2D eigenvalue weighted by Gasteiger charge is -2.19. The van der Waals surface area contributed by atoms with Crippen LogP contribution in [-0.2, 0) is 8.85 Å². The van der Waals surface area contributed by atoms with Crippen molar-refractivity contribution >= 4 is 9.28 Å². The minimum Gasteiger partial charge on any atom is -0.400 e. The highest BCUT2D eigenvalue weighted by Gasteiger charge is 2.18. The third-order valence-electron chi connectivity index (χ3n) is 2.19. The van der Waals surface area contributed by atoms with Crippen molar-refractivity contribution in [1.82, 2.24) is 4.90 Å². The molecule has 80 valence electrons. The van der Waals surface area contributed by atoms with Crippen LogP contribution in [0, 0.1) is 0 Å². The molecule has 0 bridgehead atoms. The minimum absolute atomic E-state index is 0.606. The molecule has 0 rings (SSSR count). The van der Waals surface area contributed by atoms with Gasteiger partial charge < -0.3 is 13.8 Å². The largest absolute Gasteiger partial charge is 0.400 e. The van der Waals surface area contributed by atoms with Crippen molar-refractivity contribution in [1.29, 1.82) is 0 Å². The molecule has 0 aliphatic carbocycles. The van der Waals surface area contributed by atoms with E-state index in [2.05, 4.69) is 25.9 Å². The molecule has 0 aliphatic rings. The van der Waals surface area contributed by atoms with Gasteiger partial charge in [0.2, 0.25) is 0 Å². The monoisotopic (exact) mass is 205 g/mol. The van der Waals surface area contributed by atoms with E-state index in [1.807, 2.05) is 0 Å². The van der Waals surface area contributed by atoms with E-state index in [1.54, 1.807) is 14.2 Å². The fourth-order valence-corrected chi connectivity index (χ4v) is 3.06. The van der Waals surface area contributed by atoms with Crippen LogP contribution in [-0.4, -0.2) is 49.0 Å². The fourth-order valence-electron chi connectivity index (χ4n) is 1.43. The molecular weight excluding hydrogens is 182 g/mol. The van der Waals surface area contributed by atoms with E-state index in [9.17, 15) is 0 Å². The number of hydrogen-bond donors (Lipinski definition) is 0. The van der Waals surface area contributed by atoms with Crippen LogP contribution in [0.15, 0.2) is 0 Å². The molecule has 1 atom stereocenters. The van der Waals surface area contributed by atoms with E-state index < -0.39 is 9.28 Å². The van der Waals surface area contributed by atoms with Gasteiger partial charge in [-0.2, -0.15) is 0 Å². The lowest BCUT2D eigenvalue weighted by Crippen LogP contribution is -2.25. The summed E-state index contributed by atoms with van der Waals surface area (Å²) in [5, 5.41) is 0. The van der Waals surface area contributed by atoms with Gasteiger partial charge in [-0.3, -0.25) is 0 Å². The summed E-state index contributed by atoms with van der Waals surface area (Å²) in [6.07, 6.45) is 2.43. The van der Waals surface area contributed by atoms with Crippen molar-refractivity contribution in [3.8, 4) is 0 Å². The molecule has 0 saturated carbocycles. The molecule has 0 aromatic carbocycles. The van der Waals surface area contributed by atoms with Crippen molar-refractivity contribution in [3.63, 3.8) is 0 Å². The van der Waals surface area contributed by atoms with Crippen LogP contribution >= 0.6 is 0 Å². The summed E-state index contributed by atoms with van der Waals surface area (Å²) >= 11 is 0. The molecule has 0 aromatic rings. The summed E-state index contributed by atoms with van der Waals surface area (Å²) < 4.78 is 10.6. The van der Waals surface area contributed by atoms with Crippen molar-refractivity contribution in [2.45, 2.75) is 25.3 Å². The second-order valence-corrected chi connectivity index (χ2v) is 6.58. The molecule has 0 fully saturated rings. The SMILES string of the molecule is CO[SiH](OC)C(C)CCCN(C)C. The number of nitrogens with zero attached hydrogens (tertiary/aromatic N) is 1. The van der Waals surface area contributed by atoms with Gasteiger partial charge in [0.05, 0.1) is 0 Å². The molecule has 1 unspecified atom stereocenters. The summed E-state index contributed by atoms with van der Waals surface area (Å²) in [5.41, 5.74) is 0.606. The van der Waals surface area contributed by atoms with Crippen molar-refractivity contribution in [3.05, 3.63) is 0 Å². The van der Waals surface area contributed by atoms with Gasteiger partial charge in [0.15, 0.2) is 0 Å². The summed E-state index contributed by atoms with van der Waals surface area (Å²) in [6.45, 7) is 3.37. The molecule has 0 aliphatic heterocycles. The predicted octanol–water partition coefficient (Wildman–Crippen LogP) is 1.23. The Morgan fingerprint density at radius 2 is 1.77 bits per heavy atom. The Labute approximate surface area is 83.9 Å². The first-order chi connectivity index (χ1) is 6.11. The topological polar surface area (TPSA) is 21.7 Å². The Kier molecular flexibility index (Phi) is 7.55. The first-order valence-corrected chi connectivity index (χ1v) is 6.43. The Morgan fingerprint density at radius 1 is 1.23 bits per heavy atom. The molecule has 0 N–H and O–H groups in total. The smallest absolute Gasteiger partial charge is 0.323 e. The van der Waals surface area contributed by atoms with Crippen LogP contribution in [0.2, 0.25) is 5.54 Å². The van der Waals surface area contributed by atoms with Gasteiger partial charge in [-0.05, 0) is 39.0 Å². The third kappa shape index (κ3) is 6.21. The molecule has 0 amide bonds. The lowest BCUT2D eigenvalue weighted by molar-refractivity contribution is 0.262. The Hall–Kier alpha value is 0.0969. The van der Waals surface area contributed by atoms with E-state index in [0.717, 1.165) is 6.54 Å². The zero-order valence-electron chi connectivity index (χ0n) is 9.54. The molecule has 13 heavy (non-hydrogen) atoms. The lowest BCUT2D eigenvalue weighted by atomic mass is 10.2. The normalized spacial score (nSPS) is 14.1. The van der Waals surface area contributed by atoms with Gasteiger partial charge in [0, 0.05) is 14.2 Å². The maximum atomic E-state index is 5.32. The maximum absolute atomic E-state index is 5.32. The van der Waals surface area contributed by atoms with Crippen LogP contribution < -0.4 is 0 Å². The van der Waals surface area contributed by atoms with Crippen LogP contribution in [0.1, 0.15) is 19.8 Å². The molecule has 0 saturated heterocycles. The van der Waals surface area contributed by atoms with E-state index in [0.29, 0.717) is 5.54 Å². The van der Waals surface area contributed by atoms with Gasteiger partial charge in [-0.25, -0.2) is 0 Å². The molecule has 0 spiro atoms. The summed E-state index contributed by atoms with van der Waals surface area (Å²) in [7, 11) is 6.34. The summed E-state index contributed by atoms with van der Waals surface area (Å²) in [4.78, 5) is 2.21. The van der Waals surface area contributed by atoms with Gasteiger partial charge in [-0.1, -0.05) is 6.92 Å². The van der Waals surface area contributed by atoms with Gasteiger partial charge in [-0.15, -0.1) is 0 Å². The predicted molar refractivity (Wildman–Crippen MR) is 58.4 cm³/mol. The first-order valence-electron chi connectivity index (χ1n) is 4.82. The standard InChI is InChI=1S/C9H23NO2Si/c1-9(13(11-4)12-5)7-6-8-10(2)3/h9,13H,6-8H2,1-5H3. The van der Waals surface area contributed by atoms with Crippen LogP contribution in [0.25, 0.3) is 0 Å². The molecule has 4 heteroatoms. The van der Waals surface area contributed by atoms with E-state index >= 15 is 0 Å². The van der Waals surface area contributed by atoms with Gasteiger partial charge in [0.1, 0.15) is 0 Å². The van der Waals surface area contributed by atoms with Gasteiger partial charge >= 0.3 is 9.28 Å². The number of rotatable bonds is 7. The van der Waals surface area contributed by atoms with E-state index in [1.165, 1.54) is 12.8 Å². The Morgan fingerprint density at radius 3 is 2.15 bits per heavy atom. The summed E-state index contributed by atoms with van der Waals surface area (Å²) in [6, 6.07) is 0. The fraction of sp³-hybridized carbons (Fsp3) is 1.00. The van der Waals surface area contributed by atoms with Crippen molar-refractivity contribution in [2.75, 3.05) is 34.9 Å². The molecule has 0 heterocycles. The van der Waals surface area contributed by atoms with E-state index in [-0.39, 0.29) is 0 Å². The maximum Gasteiger partial charge on any atom is 0.323 e. The second kappa shape index (κ2) is 7.50. The first kappa shape index (κ1) is 13.1. The quantitative estimate of drug-likeness (QED) is 0.584. The van der Waals surface area contributed by atoms with Crippen LogP contribution in [0.3, 0.4) is 0 Å². The molecule has 0 radical (unpaired) electrons. The third-order valence-corrected chi connectivity index (χ3v) is 4.39. The van der Waals surface area contributed by atoms with Gasteiger partial charge in [0.25, 0.3) is 0 Å². The van der Waals surface area contributed by atoms with Crippen LogP contribution in [0.5, 0.6) is 0 Å². The van der Waals surface area contributed by atoms with Crippen molar-refractivity contribution < 1.29 is 8.85 Å². The zero-order chi connectivity index (χ0) is 10.3. The Balaban J connectivity index is 3.53. The highest BCUT2D eigenvalue weighted by Crippen LogP contribution is 2.17. The highest BCUT2D eigenvalue weighted by molar-refractivity contribution is 6.46. The molecule has 0 aromatic heterocycles.